The number of piperidine rings is 1. The molecule has 1 aliphatic rings. The maximum Gasteiger partial charge on any atom is 0.252 e. The molecule has 0 radical (unpaired) electrons. The fourth-order valence-corrected chi connectivity index (χ4v) is 5.87. The molecule has 1 fully saturated rings. The Morgan fingerprint density at radius 3 is 2.68 bits per heavy atom. The van der Waals surface area contributed by atoms with Crippen molar-refractivity contribution in [1.29, 1.82) is 0 Å². The zero-order chi connectivity index (χ0) is 14.2. The van der Waals surface area contributed by atoms with Crippen molar-refractivity contribution >= 4 is 21.4 Å². The molecule has 0 amide bonds. The first-order valence-corrected chi connectivity index (χ1v) is 8.84. The minimum absolute atomic E-state index is 0.0498. The van der Waals surface area contributed by atoms with Gasteiger partial charge in [-0.15, -0.1) is 11.3 Å². The molecule has 1 N–H and O–H groups in total. The maximum atomic E-state index is 12.6. The molecule has 4 nitrogen and oxygen atoms in total. The molecule has 1 aromatic heterocycles. The van der Waals surface area contributed by atoms with Gasteiger partial charge in [0, 0.05) is 17.5 Å². The molecular weight excluding hydrogens is 282 g/mol. The van der Waals surface area contributed by atoms with Crippen LogP contribution in [0.5, 0.6) is 0 Å². The Kier molecular flexibility index (Phi) is 4.35. The molecule has 0 spiro atoms. The third-order valence-electron chi connectivity index (χ3n) is 3.78. The van der Waals surface area contributed by atoms with Crippen LogP contribution in [-0.2, 0) is 16.6 Å². The van der Waals surface area contributed by atoms with Crippen LogP contribution in [0, 0.1) is 12.8 Å². The zero-order valence-corrected chi connectivity index (χ0v) is 13.2. The van der Waals surface area contributed by atoms with Gasteiger partial charge in [0.25, 0.3) is 10.0 Å². The normalized spacial score (nSPS) is 25.7. The number of aliphatic hydroxyl groups is 1. The summed E-state index contributed by atoms with van der Waals surface area (Å²) in [6.45, 7) is 6.47. The summed E-state index contributed by atoms with van der Waals surface area (Å²) in [5, 5.41) is 9.20. The summed E-state index contributed by atoms with van der Waals surface area (Å²) in [7, 11) is -3.41. The summed E-state index contributed by atoms with van der Waals surface area (Å²) < 4.78 is 27.2. The van der Waals surface area contributed by atoms with Crippen LogP contribution in [0.15, 0.2) is 10.3 Å². The highest BCUT2D eigenvalue weighted by molar-refractivity contribution is 7.91. The predicted octanol–water partition coefficient (Wildman–Crippen LogP) is 2.36. The third-order valence-corrected chi connectivity index (χ3v) is 7.47. The van der Waals surface area contributed by atoms with E-state index in [1.807, 2.05) is 13.8 Å². The predicted molar refractivity (Wildman–Crippen MR) is 76.7 cm³/mol. The fourth-order valence-electron chi connectivity index (χ4n) is 2.63. The molecule has 0 aromatic carbocycles. The third kappa shape index (κ3) is 2.86. The Bertz CT molecular complexity index is 550. The minimum atomic E-state index is -3.41. The van der Waals surface area contributed by atoms with Crippen LogP contribution in [-0.4, -0.2) is 30.4 Å². The molecule has 1 aromatic rings. The van der Waals surface area contributed by atoms with Crippen LogP contribution in [0.2, 0.25) is 0 Å². The quantitative estimate of drug-likeness (QED) is 0.932. The van der Waals surface area contributed by atoms with E-state index in [0.29, 0.717) is 16.7 Å². The lowest BCUT2D eigenvalue weighted by molar-refractivity contribution is 0.220. The number of rotatable bonds is 3. The van der Waals surface area contributed by atoms with Crippen molar-refractivity contribution in [3.8, 4) is 0 Å². The van der Waals surface area contributed by atoms with Crippen molar-refractivity contribution in [1.82, 2.24) is 4.31 Å². The van der Waals surface area contributed by atoms with E-state index in [0.717, 1.165) is 23.3 Å². The summed E-state index contributed by atoms with van der Waals surface area (Å²) in [5.41, 5.74) is 0.851. The average Bonchev–Trinajstić information content (AvgIpc) is 2.70. The smallest absolute Gasteiger partial charge is 0.252 e. The average molecular weight is 303 g/mol. The number of hydrogen-bond donors (Lipinski definition) is 1. The van der Waals surface area contributed by atoms with Crippen molar-refractivity contribution in [3.05, 3.63) is 16.5 Å². The number of thiophene rings is 1. The number of aliphatic hydroxyl groups excluding tert-OH is 1. The second-order valence-corrected chi connectivity index (χ2v) is 8.68. The van der Waals surface area contributed by atoms with Gasteiger partial charge in [0.1, 0.15) is 4.21 Å². The highest BCUT2D eigenvalue weighted by atomic mass is 32.2. The highest BCUT2D eigenvalue weighted by Crippen LogP contribution is 2.33. The Labute approximate surface area is 119 Å². The summed E-state index contributed by atoms with van der Waals surface area (Å²) in [6, 6.07) is 1.73. The first-order chi connectivity index (χ1) is 8.86. The van der Waals surface area contributed by atoms with Gasteiger partial charge in [-0.2, -0.15) is 4.31 Å². The molecule has 2 rings (SSSR count). The van der Waals surface area contributed by atoms with Crippen molar-refractivity contribution in [2.75, 3.05) is 6.54 Å². The van der Waals surface area contributed by atoms with E-state index in [-0.39, 0.29) is 12.6 Å². The molecule has 0 bridgehead atoms. The lowest BCUT2D eigenvalue weighted by Crippen LogP contribution is -2.43. The number of sulfonamides is 1. The Morgan fingerprint density at radius 2 is 2.16 bits per heavy atom. The highest BCUT2D eigenvalue weighted by Gasteiger charge is 2.34. The van der Waals surface area contributed by atoms with Crippen molar-refractivity contribution in [3.63, 3.8) is 0 Å². The van der Waals surface area contributed by atoms with Crippen molar-refractivity contribution in [2.45, 2.75) is 50.5 Å². The first kappa shape index (κ1) is 15.0. The minimum Gasteiger partial charge on any atom is -0.391 e. The lowest BCUT2D eigenvalue weighted by atomic mass is 9.95. The van der Waals surface area contributed by atoms with Crippen LogP contribution >= 0.6 is 11.3 Å². The van der Waals surface area contributed by atoms with E-state index in [1.165, 1.54) is 11.3 Å². The van der Waals surface area contributed by atoms with Gasteiger partial charge in [0.2, 0.25) is 0 Å². The van der Waals surface area contributed by atoms with Gasteiger partial charge in [-0.05, 0) is 44.2 Å². The monoisotopic (exact) mass is 303 g/mol. The lowest BCUT2D eigenvalue weighted by Gasteiger charge is -2.35. The van der Waals surface area contributed by atoms with Gasteiger partial charge in [-0.3, -0.25) is 0 Å². The summed E-state index contributed by atoms with van der Waals surface area (Å²) in [5.74, 6) is 0.583. The Hall–Kier alpha value is -0.430. The molecule has 1 aliphatic heterocycles. The van der Waals surface area contributed by atoms with Crippen LogP contribution in [0.4, 0.5) is 0 Å². The van der Waals surface area contributed by atoms with E-state index in [4.69, 9.17) is 0 Å². The van der Waals surface area contributed by atoms with Gasteiger partial charge in [-0.1, -0.05) is 6.92 Å². The second-order valence-electron chi connectivity index (χ2n) is 5.42. The summed E-state index contributed by atoms with van der Waals surface area (Å²) >= 11 is 1.18. The van der Waals surface area contributed by atoms with Gasteiger partial charge in [0.05, 0.1) is 6.61 Å². The summed E-state index contributed by atoms with van der Waals surface area (Å²) in [4.78, 5) is 0.733. The molecule has 1 saturated heterocycles. The zero-order valence-electron chi connectivity index (χ0n) is 11.6. The van der Waals surface area contributed by atoms with E-state index in [1.54, 1.807) is 10.4 Å². The van der Waals surface area contributed by atoms with E-state index < -0.39 is 10.0 Å². The van der Waals surface area contributed by atoms with Gasteiger partial charge in [0.15, 0.2) is 0 Å². The largest absolute Gasteiger partial charge is 0.391 e. The number of nitrogens with zero attached hydrogens (tertiary/aromatic N) is 1. The second kappa shape index (κ2) is 5.52. The molecule has 19 heavy (non-hydrogen) atoms. The van der Waals surface area contributed by atoms with Crippen molar-refractivity contribution < 1.29 is 13.5 Å². The SMILES string of the molecule is Cc1cc(S(=O)(=O)N2CCC(C)CC2C)sc1CO. The molecule has 2 unspecified atom stereocenters. The van der Waals surface area contributed by atoms with Crippen LogP contribution in [0.1, 0.15) is 37.1 Å². The topological polar surface area (TPSA) is 57.6 Å². The molecule has 0 aliphatic carbocycles. The van der Waals surface area contributed by atoms with Gasteiger partial charge >= 0.3 is 0 Å². The molecule has 2 heterocycles. The van der Waals surface area contributed by atoms with Crippen LogP contribution in [0.25, 0.3) is 0 Å². The maximum absolute atomic E-state index is 12.6. The molecule has 2 atom stereocenters. The molecule has 108 valence electrons. The molecular formula is C13H21NO3S2. The number of hydrogen-bond acceptors (Lipinski definition) is 4. The van der Waals surface area contributed by atoms with Crippen molar-refractivity contribution in [2.24, 2.45) is 5.92 Å². The first-order valence-electron chi connectivity index (χ1n) is 6.58. The van der Waals surface area contributed by atoms with E-state index in [9.17, 15) is 13.5 Å². The Balaban J connectivity index is 2.31. The summed E-state index contributed by atoms with van der Waals surface area (Å²) in [6.07, 6.45) is 1.83. The molecule has 6 heteroatoms. The Morgan fingerprint density at radius 1 is 1.47 bits per heavy atom. The van der Waals surface area contributed by atoms with Gasteiger partial charge < -0.3 is 5.11 Å². The standard InChI is InChI=1S/C13H21NO3S2/c1-9-4-5-14(11(3)6-9)19(16,17)13-7-10(2)12(8-15)18-13/h7,9,11,15H,4-6,8H2,1-3H3. The van der Waals surface area contributed by atoms with Gasteiger partial charge in [-0.25, -0.2) is 8.42 Å². The van der Waals surface area contributed by atoms with E-state index >= 15 is 0 Å². The van der Waals surface area contributed by atoms with E-state index in [2.05, 4.69) is 6.92 Å². The fraction of sp³-hybridized carbons (Fsp3) is 0.692. The number of aryl methyl sites for hydroxylation is 1. The molecule has 0 saturated carbocycles. The van der Waals surface area contributed by atoms with Crippen LogP contribution in [0.3, 0.4) is 0 Å². The van der Waals surface area contributed by atoms with Crippen LogP contribution < -0.4 is 0 Å².